The fourth-order valence-corrected chi connectivity index (χ4v) is 4.42. The van der Waals surface area contributed by atoms with Crippen molar-refractivity contribution in [3.63, 3.8) is 0 Å². The summed E-state index contributed by atoms with van der Waals surface area (Å²) in [7, 11) is 0. The number of hydrogen-bond acceptors (Lipinski definition) is 4. The van der Waals surface area contributed by atoms with E-state index in [-0.39, 0.29) is 0 Å². The predicted octanol–water partition coefficient (Wildman–Crippen LogP) is 5.84. The van der Waals surface area contributed by atoms with Crippen molar-refractivity contribution in [3.8, 4) is 0 Å². The average molecular weight is 441 g/mol. The Hall–Kier alpha value is -2.30. The molecule has 6 heteroatoms. The molecule has 1 aromatic heterocycles. The minimum Gasteiger partial charge on any atom is -0.369 e. The first kappa shape index (κ1) is 21.0. The molecule has 0 unspecified atom stereocenters. The van der Waals surface area contributed by atoms with Crippen LogP contribution in [0.1, 0.15) is 29.7 Å². The normalized spacial score (nSPS) is 13.5. The molecule has 30 heavy (non-hydrogen) atoms. The van der Waals surface area contributed by atoms with Gasteiger partial charge in [0.05, 0.1) is 17.4 Å². The summed E-state index contributed by atoms with van der Waals surface area (Å²) in [4.78, 5) is 7.07. The van der Waals surface area contributed by atoms with Crippen LogP contribution in [0, 0.1) is 0 Å². The molecule has 0 atom stereocenters. The van der Waals surface area contributed by atoms with Crippen LogP contribution in [0.15, 0.2) is 53.6 Å². The summed E-state index contributed by atoms with van der Waals surface area (Å²) < 4.78 is 0. The predicted molar refractivity (Wildman–Crippen MR) is 130 cm³/mol. The molecule has 0 amide bonds. The van der Waals surface area contributed by atoms with Crippen LogP contribution in [0.5, 0.6) is 0 Å². The highest BCUT2D eigenvalue weighted by Gasteiger charge is 2.17. The highest BCUT2D eigenvalue weighted by Crippen LogP contribution is 2.33. The Labute approximate surface area is 187 Å². The van der Waals surface area contributed by atoms with Crippen LogP contribution in [0.2, 0.25) is 0 Å². The van der Waals surface area contributed by atoms with E-state index in [9.17, 15) is 0 Å². The standard InChI is InChI=1S/C24H26Cl2N4/c25-13-15-30(16-14-26)19-11-9-18(10-12-19)17-27-29-24-20-5-1-3-7-22(20)28-23-8-4-2-6-21(23)24/h1,3,5,7,9-12,17H,2,4,6,8,13-16H2,(H,28,29)/b27-17+. The number of nitrogens with zero attached hydrogens (tertiary/aromatic N) is 3. The molecular weight excluding hydrogens is 415 g/mol. The first-order valence-electron chi connectivity index (χ1n) is 10.5. The largest absolute Gasteiger partial charge is 0.369 e. The van der Waals surface area contributed by atoms with Gasteiger partial charge in [-0.1, -0.05) is 30.3 Å². The summed E-state index contributed by atoms with van der Waals surface area (Å²) in [6, 6.07) is 16.6. The topological polar surface area (TPSA) is 40.5 Å². The van der Waals surface area contributed by atoms with E-state index >= 15 is 0 Å². The molecule has 3 aromatic rings. The number of aromatic nitrogens is 1. The van der Waals surface area contributed by atoms with Gasteiger partial charge in [-0.2, -0.15) is 5.10 Å². The van der Waals surface area contributed by atoms with E-state index in [4.69, 9.17) is 28.2 Å². The molecule has 0 saturated heterocycles. The van der Waals surface area contributed by atoms with Crippen LogP contribution in [-0.4, -0.2) is 36.0 Å². The van der Waals surface area contributed by atoms with Gasteiger partial charge in [-0.15, -0.1) is 23.2 Å². The van der Waals surface area contributed by atoms with Gasteiger partial charge < -0.3 is 4.90 Å². The third-order valence-corrected chi connectivity index (χ3v) is 5.86. The van der Waals surface area contributed by atoms with Crippen LogP contribution in [-0.2, 0) is 12.8 Å². The molecule has 0 saturated carbocycles. The number of aryl methyl sites for hydroxylation is 1. The van der Waals surface area contributed by atoms with Crippen molar-refractivity contribution in [1.29, 1.82) is 0 Å². The van der Waals surface area contributed by atoms with Crippen molar-refractivity contribution in [2.75, 3.05) is 35.2 Å². The number of nitrogens with one attached hydrogen (secondary N) is 1. The third-order valence-electron chi connectivity index (χ3n) is 5.53. The number of alkyl halides is 2. The number of rotatable bonds is 8. The molecule has 4 rings (SSSR count). The van der Waals surface area contributed by atoms with Gasteiger partial charge >= 0.3 is 0 Å². The van der Waals surface area contributed by atoms with Gasteiger partial charge in [0, 0.05) is 41.6 Å². The molecule has 1 heterocycles. The first-order valence-corrected chi connectivity index (χ1v) is 11.5. The van der Waals surface area contributed by atoms with E-state index in [1.807, 2.05) is 12.3 Å². The molecule has 4 nitrogen and oxygen atoms in total. The van der Waals surface area contributed by atoms with Crippen LogP contribution >= 0.6 is 23.2 Å². The maximum absolute atomic E-state index is 5.91. The van der Waals surface area contributed by atoms with Gasteiger partial charge in [0.25, 0.3) is 0 Å². The SMILES string of the molecule is ClCCN(CCCl)c1ccc(/C=N/Nc2c3c(nc4ccccc24)CCCC3)cc1. The molecule has 0 spiro atoms. The molecule has 0 fully saturated rings. The highest BCUT2D eigenvalue weighted by molar-refractivity contribution is 6.18. The van der Waals surface area contributed by atoms with Gasteiger partial charge in [0.2, 0.25) is 0 Å². The van der Waals surface area contributed by atoms with Crippen molar-refractivity contribution in [2.24, 2.45) is 5.10 Å². The third kappa shape index (κ3) is 4.71. The quantitative estimate of drug-likeness (QED) is 0.271. The summed E-state index contributed by atoms with van der Waals surface area (Å²) in [5, 5.41) is 5.69. The Morgan fingerprint density at radius 3 is 2.47 bits per heavy atom. The Kier molecular flexibility index (Phi) is 7.08. The van der Waals surface area contributed by atoms with E-state index in [1.54, 1.807) is 0 Å². The first-order chi connectivity index (χ1) is 14.8. The lowest BCUT2D eigenvalue weighted by Gasteiger charge is -2.22. The number of pyridine rings is 1. The average Bonchev–Trinajstić information content (AvgIpc) is 2.79. The maximum atomic E-state index is 5.91. The van der Waals surface area contributed by atoms with Gasteiger partial charge in [0.1, 0.15) is 0 Å². The summed E-state index contributed by atoms with van der Waals surface area (Å²) >= 11 is 11.8. The lowest BCUT2D eigenvalue weighted by atomic mass is 9.93. The summed E-state index contributed by atoms with van der Waals surface area (Å²) in [6.07, 6.45) is 6.37. The minimum atomic E-state index is 0.578. The Morgan fingerprint density at radius 2 is 1.70 bits per heavy atom. The smallest absolute Gasteiger partial charge is 0.0726 e. The zero-order valence-electron chi connectivity index (χ0n) is 17.0. The van der Waals surface area contributed by atoms with Gasteiger partial charge in [-0.05, 0) is 55.0 Å². The second-order valence-corrected chi connectivity index (χ2v) is 8.22. The monoisotopic (exact) mass is 440 g/mol. The van der Waals surface area contributed by atoms with Crippen LogP contribution in [0.3, 0.4) is 0 Å². The molecular formula is C24H26Cl2N4. The van der Waals surface area contributed by atoms with Crippen LogP contribution in [0.25, 0.3) is 10.9 Å². The molecule has 0 bridgehead atoms. The van der Waals surface area contributed by atoms with E-state index in [0.717, 1.165) is 53.8 Å². The number of halogens is 2. The second kappa shape index (κ2) is 10.1. The molecule has 2 aromatic carbocycles. The Balaban J connectivity index is 1.54. The summed E-state index contributed by atoms with van der Waals surface area (Å²) in [6.45, 7) is 1.56. The Morgan fingerprint density at radius 1 is 0.967 bits per heavy atom. The van der Waals surface area contributed by atoms with Crippen molar-refractivity contribution in [1.82, 2.24) is 4.98 Å². The molecule has 0 aliphatic heterocycles. The van der Waals surface area contributed by atoms with E-state index in [2.05, 4.69) is 57.9 Å². The minimum absolute atomic E-state index is 0.578. The number of anilines is 2. The number of hydrogen-bond donors (Lipinski definition) is 1. The lowest BCUT2D eigenvalue weighted by molar-refractivity contribution is 0.672. The van der Waals surface area contributed by atoms with Gasteiger partial charge in [-0.3, -0.25) is 10.4 Å². The van der Waals surface area contributed by atoms with Crippen molar-refractivity contribution in [2.45, 2.75) is 25.7 Å². The van der Waals surface area contributed by atoms with Crippen molar-refractivity contribution < 1.29 is 0 Å². The maximum Gasteiger partial charge on any atom is 0.0726 e. The van der Waals surface area contributed by atoms with Gasteiger partial charge in [0.15, 0.2) is 0 Å². The number of hydrazone groups is 1. The number of para-hydroxylation sites is 1. The number of fused-ring (bicyclic) bond motifs is 2. The fourth-order valence-electron chi connectivity index (χ4n) is 4.02. The van der Waals surface area contributed by atoms with E-state index in [1.165, 1.54) is 24.1 Å². The van der Waals surface area contributed by atoms with Crippen molar-refractivity contribution >= 4 is 51.7 Å². The molecule has 0 radical (unpaired) electrons. The second-order valence-electron chi connectivity index (χ2n) is 7.46. The Bertz CT molecular complexity index is 1010. The molecule has 1 aliphatic rings. The molecule has 1 N–H and O–H groups in total. The van der Waals surface area contributed by atoms with E-state index in [0.29, 0.717) is 11.8 Å². The van der Waals surface area contributed by atoms with Crippen molar-refractivity contribution in [3.05, 3.63) is 65.4 Å². The zero-order valence-corrected chi connectivity index (χ0v) is 18.5. The molecule has 156 valence electrons. The molecule has 1 aliphatic carbocycles. The van der Waals surface area contributed by atoms with Gasteiger partial charge in [-0.25, -0.2) is 0 Å². The summed E-state index contributed by atoms with van der Waals surface area (Å²) in [5.74, 6) is 1.16. The van der Waals surface area contributed by atoms with Crippen LogP contribution < -0.4 is 10.3 Å². The van der Waals surface area contributed by atoms with Crippen LogP contribution in [0.4, 0.5) is 11.4 Å². The van der Waals surface area contributed by atoms with E-state index < -0.39 is 0 Å². The number of benzene rings is 2. The fraction of sp³-hybridized carbons (Fsp3) is 0.333. The summed E-state index contributed by atoms with van der Waals surface area (Å²) in [5.41, 5.74) is 10.1. The highest BCUT2D eigenvalue weighted by atomic mass is 35.5. The lowest BCUT2D eigenvalue weighted by Crippen LogP contribution is -2.27. The zero-order chi connectivity index (χ0) is 20.8.